The fourth-order valence-electron chi connectivity index (χ4n) is 2.26. The van der Waals surface area contributed by atoms with E-state index in [1.165, 1.54) is 34.9 Å². The molecule has 1 aliphatic heterocycles. The van der Waals surface area contributed by atoms with Crippen molar-refractivity contribution in [2.45, 2.75) is 25.4 Å². The van der Waals surface area contributed by atoms with Crippen molar-refractivity contribution in [3.05, 3.63) is 27.7 Å². The molecule has 1 fully saturated rings. The third-order valence-electron chi connectivity index (χ3n) is 3.22. The van der Waals surface area contributed by atoms with Crippen molar-refractivity contribution in [3.8, 4) is 5.75 Å². The number of benzene rings is 1. The number of fused-ring (bicyclic) bond motifs is 1. The molecule has 0 saturated carbocycles. The molecule has 1 saturated heterocycles. The van der Waals surface area contributed by atoms with Gasteiger partial charge in [-0.2, -0.15) is 0 Å². The second-order valence-electron chi connectivity index (χ2n) is 4.25. The summed E-state index contributed by atoms with van der Waals surface area (Å²) in [5.74, 6) is 1.11. The topological polar surface area (TPSA) is 21.3 Å². The lowest BCUT2D eigenvalue weighted by Crippen LogP contribution is -2.50. The molecule has 4 heteroatoms. The van der Waals surface area contributed by atoms with Crippen molar-refractivity contribution in [2.24, 2.45) is 0 Å². The summed E-state index contributed by atoms with van der Waals surface area (Å²) in [7, 11) is 0. The van der Waals surface area contributed by atoms with Crippen LogP contribution in [0.2, 0.25) is 0 Å². The predicted octanol–water partition coefficient (Wildman–Crippen LogP) is 2.71. The Balaban J connectivity index is 0.000000963. The van der Waals surface area contributed by atoms with Crippen LogP contribution in [0, 0.1) is 0 Å². The van der Waals surface area contributed by atoms with Gasteiger partial charge in [-0.15, -0.1) is 12.4 Å². The van der Waals surface area contributed by atoms with Gasteiger partial charge in [0.15, 0.2) is 0 Å². The van der Waals surface area contributed by atoms with Gasteiger partial charge in [-0.25, -0.2) is 0 Å². The number of hydrogen-bond donors (Lipinski definition) is 1. The van der Waals surface area contributed by atoms with Gasteiger partial charge in [-0.3, -0.25) is 0 Å². The summed E-state index contributed by atoms with van der Waals surface area (Å²) in [5.41, 5.74) is 2.89. The van der Waals surface area contributed by atoms with Crippen LogP contribution in [0.3, 0.4) is 0 Å². The highest BCUT2D eigenvalue weighted by molar-refractivity contribution is 9.10. The molecule has 1 aromatic carbocycles. The fourth-order valence-corrected chi connectivity index (χ4v) is 2.83. The van der Waals surface area contributed by atoms with Crippen molar-refractivity contribution in [1.29, 1.82) is 0 Å². The van der Waals surface area contributed by atoms with Crippen LogP contribution in [-0.2, 0) is 12.8 Å². The largest absolute Gasteiger partial charge is 0.487 e. The summed E-state index contributed by atoms with van der Waals surface area (Å²) < 4.78 is 7.21. The maximum absolute atomic E-state index is 5.96. The maximum Gasteiger partial charge on any atom is 0.123 e. The van der Waals surface area contributed by atoms with E-state index < -0.39 is 0 Å². The normalized spacial score (nSPS) is 18.6. The maximum atomic E-state index is 5.96. The molecule has 0 amide bonds. The van der Waals surface area contributed by atoms with Crippen LogP contribution in [0.25, 0.3) is 0 Å². The first-order valence-corrected chi connectivity index (χ1v) is 6.31. The highest BCUT2D eigenvalue weighted by atomic mass is 79.9. The molecule has 16 heavy (non-hydrogen) atoms. The molecule has 2 aliphatic rings. The van der Waals surface area contributed by atoms with Gasteiger partial charge in [-0.05, 0) is 42.5 Å². The van der Waals surface area contributed by atoms with E-state index in [9.17, 15) is 0 Å². The number of halogens is 2. The third kappa shape index (κ3) is 2.08. The number of ether oxygens (including phenoxy) is 1. The lowest BCUT2D eigenvalue weighted by Gasteiger charge is -2.28. The Morgan fingerprint density at radius 2 is 1.94 bits per heavy atom. The smallest absolute Gasteiger partial charge is 0.123 e. The molecule has 0 bridgehead atoms. The molecule has 1 heterocycles. The molecule has 0 aromatic heterocycles. The zero-order chi connectivity index (χ0) is 10.3. The molecule has 1 aliphatic carbocycles. The lowest BCUT2D eigenvalue weighted by atomic mass is 10.1. The first-order chi connectivity index (χ1) is 7.34. The molecule has 1 aromatic rings. The minimum Gasteiger partial charge on any atom is -0.487 e. The molecule has 3 rings (SSSR count). The summed E-state index contributed by atoms with van der Waals surface area (Å²) in [6.07, 6.45) is 4.01. The Hall–Kier alpha value is -0.250. The van der Waals surface area contributed by atoms with E-state index in [1.807, 2.05) is 0 Å². The molecular formula is C12H15BrClNO. The van der Waals surface area contributed by atoms with Crippen LogP contribution in [-0.4, -0.2) is 19.2 Å². The summed E-state index contributed by atoms with van der Waals surface area (Å²) >= 11 is 3.61. The monoisotopic (exact) mass is 303 g/mol. The SMILES string of the molecule is Brc1ccc(OC2CNC2)c2c1CCC2.Cl. The van der Waals surface area contributed by atoms with E-state index in [2.05, 4.69) is 33.4 Å². The van der Waals surface area contributed by atoms with E-state index in [0.717, 1.165) is 18.8 Å². The Kier molecular flexibility index (Phi) is 3.77. The Morgan fingerprint density at radius 3 is 2.62 bits per heavy atom. The average molecular weight is 305 g/mol. The summed E-state index contributed by atoms with van der Waals surface area (Å²) in [6.45, 7) is 1.98. The highest BCUT2D eigenvalue weighted by Gasteiger charge is 2.23. The van der Waals surface area contributed by atoms with Crippen LogP contribution >= 0.6 is 28.3 Å². The molecule has 1 N–H and O–H groups in total. The van der Waals surface area contributed by atoms with Crippen molar-refractivity contribution < 1.29 is 4.74 Å². The van der Waals surface area contributed by atoms with E-state index >= 15 is 0 Å². The molecule has 88 valence electrons. The molecule has 0 atom stereocenters. The molecule has 0 radical (unpaired) electrons. The van der Waals surface area contributed by atoms with Gasteiger partial charge in [0.25, 0.3) is 0 Å². The van der Waals surface area contributed by atoms with Gasteiger partial charge in [0.05, 0.1) is 0 Å². The predicted molar refractivity (Wildman–Crippen MR) is 70.7 cm³/mol. The zero-order valence-electron chi connectivity index (χ0n) is 8.96. The van der Waals surface area contributed by atoms with Gasteiger partial charge in [0, 0.05) is 17.6 Å². The Morgan fingerprint density at radius 1 is 1.19 bits per heavy atom. The Bertz CT molecular complexity index is 393. The van der Waals surface area contributed by atoms with E-state index in [4.69, 9.17) is 4.74 Å². The van der Waals surface area contributed by atoms with Crippen LogP contribution in [0.5, 0.6) is 5.75 Å². The minimum absolute atomic E-state index is 0. The summed E-state index contributed by atoms with van der Waals surface area (Å²) in [6, 6.07) is 4.22. The van der Waals surface area contributed by atoms with Crippen molar-refractivity contribution in [3.63, 3.8) is 0 Å². The van der Waals surface area contributed by atoms with Crippen molar-refractivity contribution >= 4 is 28.3 Å². The van der Waals surface area contributed by atoms with Gasteiger partial charge >= 0.3 is 0 Å². The van der Waals surface area contributed by atoms with E-state index in [0.29, 0.717) is 6.10 Å². The number of nitrogens with one attached hydrogen (secondary N) is 1. The first-order valence-electron chi connectivity index (χ1n) is 5.52. The summed E-state index contributed by atoms with van der Waals surface area (Å²) in [4.78, 5) is 0. The highest BCUT2D eigenvalue weighted by Crippen LogP contribution is 2.36. The van der Waals surface area contributed by atoms with Gasteiger partial charge in [-0.1, -0.05) is 15.9 Å². The van der Waals surface area contributed by atoms with E-state index in [1.54, 1.807) is 0 Å². The van der Waals surface area contributed by atoms with Crippen LogP contribution in [0.4, 0.5) is 0 Å². The third-order valence-corrected chi connectivity index (χ3v) is 3.97. The second-order valence-corrected chi connectivity index (χ2v) is 5.11. The number of hydrogen-bond acceptors (Lipinski definition) is 2. The van der Waals surface area contributed by atoms with Crippen LogP contribution < -0.4 is 10.1 Å². The second kappa shape index (κ2) is 4.94. The van der Waals surface area contributed by atoms with E-state index in [-0.39, 0.29) is 12.4 Å². The van der Waals surface area contributed by atoms with Gasteiger partial charge < -0.3 is 10.1 Å². The standard InChI is InChI=1S/C12H14BrNO.ClH/c13-11-4-5-12(15-8-6-14-7-8)10-3-1-2-9(10)11;/h4-5,8,14H,1-3,6-7H2;1H. The van der Waals surface area contributed by atoms with Gasteiger partial charge in [0.2, 0.25) is 0 Å². The lowest BCUT2D eigenvalue weighted by molar-refractivity contribution is 0.141. The molecular weight excluding hydrogens is 289 g/mol. The minimum atomic E-state index is 0. The average Bonchev–Trinajstić information content (AvgIpc) is 2.63. The summed E-state index contributed by atoms with van der Waals surface area (Å²) in [5, 5.41) is 3.23. The fraction of sp³-hybridized carbons (Fsp3) is 0.500. The zero-order valence-corrected chi connectivity index (χ0v) is 11.4. The molecule has 0 unspecified atom stereocenters. The van der Waals surface area contributed by atoms with Gasteiger partial charge in [0.1, 0.15) is 11.9 Å². The quantitative estimate of drug-likeness (QED) is 0.907. The number of rotatable bonds is 2. The van der Waals surface area contributed by atoms with Crippen LogP contribution in [0.1, 0.15) is 17.5 Å². The molecule has 2 nitrogen and oxygen atoms in total. The van der Waals surface area contributed by atoms with Crippen molar-refractivity contribution in [2.75, 3.05) is 13.1 Å². The van der Waals surface area contributed by atoms with Crippen LogP contribution in [0.15, 0.2) is 16.6 Å². The Labute approximate surface area is 110 Å². The molecule has 0 spiro atoms. The first kappa shape index (κ1) is 12.2. The van der Waals surface area contributed by atoms with Crippen molar-refractivity contribution in [1.82, 2.24) is 5.32 Å².